The van der Waals surface area contributed by atoms with E-state index in [0.717, 1.165) is 4.90 Å². The molecule has 3 aliphatic heterocycles. The van der Waals surface area contributed by atoms with Gasteiger partial charge in [0, 0.05) is 38.3 Å². The Morgan fingerprint density at radius 3 is 2.55 bits per heavy atom. The molecule has 0 bridgehead atoms. The zero-order chi connectivity index (χ0) is 29.9. The van der Waals surface area contributed by atoms with Gasteiger partial charge in [0.05, 0.1) is 42.8 Å². The fourth-order valence-electron chi connectivity index (χ4n) is 5.70. The fraction of sp³-hybridized carbons (Fsp3) is 0.481. The molecule has 2 saturated heterocycles. The Bertz CT molecular complexity index is 1470. The summed E-state index contributed by atoms with van der Waals surface area (Å²) < 4.78 is 27.1. The maximum absolute atomic E-state index is 13.5. The lowest BCUT2D eigenvalue weighted by atomic mass is 10.1. The van der Waals surface area contributed by atoms with Crippen LogP contribution >= 0.6 is 0 Å². The Morgan fingerprint density at radius 1 is 1.14 bits per heavy atom. The number of amides is 4. The first kappa shape index (κ1) is 27.6. The van der Waals surface area contributed by atoms with Crippen LogP contribution in [0.25, 0.3) is 11.3 Å². The van der Waals surface area contributed by atoms with Crippen LogP contribution in [0.1, 0.15) is 20.3 Å². The van der Waals surface area contributed by atoms with E-state index in [1.807, 2.05) is 4.90 Å². The summed E-state index contributed by atoms with van der Waals surface area (Å²) in [6.07, 6.45) is 5.19. The smallest absolute Gasteiger partial charge is 0.328 e. The summed E-state index contributed by atoms with van der Waals surface area (Å²) in [5.41, 5.74) is 1.07. The van der Waals surface area contributed by atoms with Crippen LogP contribution in [0.5, 0.6) is 0 Å². The number of nitrogens with one attached hydrogen (secondary N) is 1. The molecule has 13 nitrogen and oxygen atoms in total. The average Bonchev–Trinajstić information content (AvgIpc) is 3.41. The van der Waals surface area contributed by atoms with Crippen molar-refractivity contribution < 1.29 is 28.0 Å². The normalized spacial score (nSPS) is 26.3. The van der Waals surface area contributed by atoms with Gasteiger partial charge in [-0.25, -0.2) is 28.5 Å². The number of fused-ring (bicyclic) bond motifs is 2. The third-order valence-electron chi connectivity index (χ3n) is 8.41. The summed E-state index contributed by atoms with van der Waals surface area (Å²) in [6.45, 7) is 3.45. The summed E-state index contributed by atoms with van der Waals surface area (Å²) in [5, 5.41) is 2.71. The van der Waals surface area contributed by atoms with Crippen LogP contribution in [0.4, 0.5) is 25.2 Å². The van der Waals surface area contributed by atoms with Gasteiger partial charge in [0.15, 0.2) is 23.8 Å². The van der Waals surface area contributed by atoms with Crippen molar-refractivity contribution in [3.05, 3.63) is 30.7 Å². The van der Waals surface area contributed by atoms with Gasteiger partial charge >= 0.3 is 6.03 Å². The summed E-state index contributed by atoms with van der Waals surface area (Å²) in [6, 6.07) is 1.05. The molecule has 0 radical (unpaired) electrons. The molecule has 5 atom stereocenters. The van der Waals surface area contributed by atoms with Crippen LogP contribution in [-0.2, 0) is 14.4 Å². The number of halogens is 2. The molecule has 0 spiro atoms. The standard InChI is InChI=1S/C27H29F2N9O4/c1-4-16(39)10-37-25(41)22-23(35(3)26(37)42)32-13-38(22)14(2)24(40)34-20-9-30-8-19(33-20)15-5-6-21(31-7-15)36-11-17-18(12-36)27(17,28)29/h5-9,13-14,17-18,22-23H,4,10-12H2,1-3H3,(H,33,34,40)/t14-,17?,18?,22?,23?/m0/s1. The van der Waals surface area contributed by atoms with E-state index in [9.17, 15) is 28.0 Å². The minimum atomic E-state index is -2.56. The number of hydrogen-bond acceptors (Lipinski definition) is 10. The highest BCUT2D eigenvalue weighted by Gasteiger charge is 2.71. The zero-order valence-corrected chi connectivity index (χ0v) is 23.1. The highest BCUT2D eigenvalue weighted by Crippen LogP contribution is 2.59. The maximum Gasteiger partial charge on any atom is 0.328 e. The molecule has 6 rings (SSSR count). The maximum atomic E-state index is 13.5. The Kier molecular flexibility index (Phi) is 6.61. The Hall–Kier alpha value is -4.56. The highest BCUT2D eigenvalue weighted by atomic mass is 19.3. The number of ketones is 1. The zero-order valence-electron chi connectivity index (χ0n) is 23.1. The number of nitrogens with zero attached hydrogens (tertiary/aromatic N) is 8. The fourth-order valence-corrected chi connectivity index (χ4v) is 5.70. The number of alkyl halides is 2. The van der Waals surface area contributed by atoms with Crippen LogP contribution in [0.15, 0.2) is 35.7 Å². The summed E-state index contributed by atoms with van der Waals surface area (Å²) in [4.78, 5) is 74.1. The van der Waals surface area contributed by atoms with E-state index < -0.39 is 53.9 Å². The predicted molar refractivity (Wildman–Crippen MR) is 146 cm³/mol. The van der Waals surface area contributed by atoms with Gasteiger partial charge in [0.1, 0.15) is 11.9 Å². The predicted octanol–water partition coefficient (Wildman–Crippen LogP) is 1.48. The Morgan fingerprint density at radius 2 is 1.88 bits per heavy atom. The number of carbonyl (C=O) groups excluding carboxylic acids is 4. The first-order chi connectivity index (χ1) is 20.0. The molecule has 4 aliphatic rings. The van der Waals surface area contributed by atoms with Crippen molar-refractivity contribution >= 4 is 41.6 Å². The molecule has 1 N–H and O–H groups in total. The van der Waals surface area contributed by atoms with Crippen LogP contribution in [0.2, 0.25) is 0 Å². The number of aromatic nitrogens is 3. The van der Waals surface area contributed by atoms with E-state index in [2.05, 4.69) is 25.3 Å². The number of imide groups is 1. The van der Waals surface area contributed by atoms with Crippen molar-refractivity contribution in [2.45, 2.75) is 44.4 Å². The van der Waals surface area contributed by atoms with Crippen LogP contribution in [0.3, 0.4) is 0 Å². The second kappa shape index (κ2) is 10.1. The van der Waals surface area contributed by atoms with E-state index in [1.165, 1.54) is 35.6 Å². The molecule has 220 valence electrons. The summed E-state index contributed by atoms with van der Waals surface area (Å²) in [7, 11) is 1.50. The van der Waals surface area contributed by atoms with Crippen molar-refractivity contribution in [1.82, 2.24) is 29.7 Å². The van der Waals surface area contributed by atoms with Gasteiger partial charge in [-0.1, -0.05) is 6.92 Å². The molecule has 15 heteroatoms. The number of urea groups is 1. The monoisotopic (exact) mass is 581 g/mol. The SMILES string of the molecule is CCC(=O)CN1C(=O)C2C(N=CN2[C@@H](C)C(=O)Nc2cncc(-c3ccc(N4CC5C(C4)C5(F)F)nc3)n2)N(C)C1=O. The number of Topliss-reactive ketones (excluding diaryl/α,β-unsaturated/α-hetero) is 1. The number of pyridine rings is 1. The first-order valence-corrected chi connectivity index (χ1v) is 13.6. The summed E-state index contributed by atoms with van der Waals surface area (Å²) in [5.74, 6) is -4.34. The average molecular weight is 582 g/mol. The van der Waals surface area contributed by atoms with Crippen LogP contribution < -0.4 is 10.2 Å². The van der Waals surface area contributed by atoms with Crippen LogP contribution in [0, 0.1) is 11.8 Å². The molecule has 2 aromatic rings. The number of aliphatic imine (C=N–C) groups is 1. The van der Waals surface area contributed by atoms with Gasteiger partial charge in [-0.2, -0.15) is 0 Å². The van der Waals surface area contributed by atoms with E-state index in [4.69, 9.17) is 0 Å². The van der Waals surface area contributed by atoms with Gasteiger partial charge in [-0.3, -0.25) is 24.3 Å². The number of likely N-dealkylation sites (N-methyl/N-ethyl adjacent to an activating group) is 1. The lowest BCUT2D eigenvalue weighted by molar-refractivity contribution is -0.141. The Balaban J connectivity index is 1.12. The molecule has 1 saturated carbocycles. The molecule has 42 heavy (non-hydrogen) atoms. The lowest BCUT2D eigenvalue weighted by Gasteiger charge is -2.42. The van der Waals surface area contributed by atoms with Crippen molar-refractivity contribution in [1.29, 1.82) is 0 Å². The van der Waals surface area contributed by atoms with Gasteiger partial charge in [-0.15, -0.1) is 0 Å². The van der Waals surface area contributed by atoms with Gasteiger partial charge in [0.25, 0.3) is 11.8 Å². The number of piperidine rings is 1. The third kappa shape index (κ3) is 4.52. The molecular weight excluding hydrogens is 552 g/mol. The first-order valence-electron chi connectivity index (χ1n) is 13.6. The molecule has 4 unspecified atom stereocenters. The molecule has 4 amide bonds. The topological polar surface area (TPSA) is 144 Å². The van der Waals surface area contributed by atoms with E-state index in [1.54, 1.807) is 32.2 Å². The molecule has 2 aromatic heterocycles. The van der Waals surface area contributed by atoms with E-state index >= 15 is 0 Å². The molecule has 3 fully saturated rings. The minimum absolute atomic E-state index is 0.167. The number of hydrogen-bond donors (Lipinski definition) is 1. The van der Waals surface area contributed by atoms with E-state index in [0.29, 0.717) is 17.1 Å². The molecular formula is C27H29F2N9O4. The molecule has 1 aliphatic carbocycles. The van der Waals surface area contributed by atoms with Crippen molar-refractivity contribution in [3.63, 3.8) is 0 Å². The van der Waals surface area contributed by atoms with Crippen molar-refractivity contribution in [2.24, 2.45) is 16.8 Å². The number of carbonyl (C=O) groups is 4. The number of rotatable bonds is 8. The quantitative estimate of drug-likeness (QED) is 0.490. The highest BCUT2D eigenvalue weighted by molar-refractivity contribution is 6.05. The minimum Gasteiger partial charge on any atom is -0.356 e. The third-order valence-corrected chi connectivity index (χ3v) is 8.41. The lowest BCUT2D eigenvalue weighted by Crippen LogP contribution is -2.66. The second-order valence-electron chi connectivity index (χ2n) is 10.9. The Labute approximate surface area is 239 Å². The number of anilines is 2. The summed E-state index contributed by atoms with van der Waals surface area (Å²) >= 11 is 0. The molecule has 5 heterocycles. The van der Waals surface area contributed by atoms with Gasteiger partial charge in [-0.05, 0) is 19.1 Å². The molecule has 0 aromatic carbocycles. The van der Waals surface area contributed by atoms with Crippen molar-refractivity contribution in [3.8, 4) is 11.3 Å². The largest absolute Gasteiger partial charge is 0.356 e. The van der Waals surface area contributed by atoms with E-state index in [-0.39, 0.29) is 37.7 Å². The van der Waals surface area contributed by atoms with Gasteiger partial charge in [0.2, 0.25) is 5.91 Å². The van der Waals surface area contributed by atoms with Gasteiger partial charge < -0.3 is 20.0 Å². The van der Waals surface area contributed by atoms with Crippen LogP contribution in [-0.4, -0.2) is 110 Å². The second-order valence-corrected chi connectivity index (χ2v) is 10.9. The van der Waals surface area contributed by atoms with Crippen molar-refractivity contribution in [2.75, 3.05) is 36.9 Å².